The van der Waals surface area contributed by atoms with Gasteiger partial charge < -0.3 is 15.6 Å². The Morgan fingerprint density at radius 2 is 1.76 bits per heavy atom. The molecule has 3 aromatic rings. The smallest absolute Gasteiger partial charge is 0.356 e. The molecule has 152 valence electrons. The topological polar surface area (TPSA) is 65.1 Å². The van der Waals surface area contributed by atoms with Gasteiger partial charge in [-0.3, -0.25) is 4.99 Å². The van der Waals surface area contributed by atoms with Crippen molar-refractivity contribution >= 4 is 5.96 Å². The Labute approximate surface area is 167 Å². The van der Waals surface area contributed by atoms with Gasteiger partial charge in [0.15, 0.2) is 5.96 Å². The second kappa shape index (κ2) is 9.27. The van der Waals surface area contributed by atoms with E-state index in [2.05, 4.69) is 25.6 Å². The van der Waals surface area contributed by atoms with Crippen LogP contribution in [-0.2, 0) is 19.1 Å². The number of aromatic nitrogens is 2. The molecule has 0 saturated carbocycles. The second-order valence-electron chi connectivity index (χ2n) is 6.41. The fourth-order valence-electron chi connectivity index (χ4n) is 2.79. The molecule has 0 aliphatic heterocycles. The summed E-state index contributed by atoms with van der Waals surface area (Å²) in [5.74, 6) is 1.36. The van der Waals surface area contributed by atoms with Crippen molar-refractivity contribution in [3.63, 3.8) is 0 Å². The zero-order valence-electron chi connectivity index (χ0n) is 15.9. The standard InChI is InChI=1S/C21H22F3N5/c1-25-20(26-12-11-15-7-9-17(10-8-15)21(22,23)24)28-14-19-27-13-18(29-19)16-5-3-2-4-6-16/h2-10,13H,11-12,14H2,1H3,(H,27,29)(H2,25,26,28). The van der Waals surface area contributed by atoms with Crippen LogP contribution in [-0.4, -0.2) is 29.5 Å². The van der Waals surface area contributed by atoms with Crippen molar-refractivity contribution in [3.8, 4) is 11.3 Å². The molecule has 0 amide bonds. The van der Waals surface area contributed by atoms with Crippen LogP contribution in [0.15, 0.2) is 65.8 Å². The predicted octanol–water partition coefficient (Wildman–Crippen LogP) is 4.00. The number of nitrogens with zero attached hydrogens (tertiary/aromatic N) is 2. The number of nitrogens with one attached hydrogen (secondary N) is 3. The van der Waals surface area contributed by atoms with Crippen LogP contribution in [0, 0.1) is 0 Å². The summed E-state index contributed by atoms with van der Waals surface area (Å²) < 4.78 is 37.8. The van der Waals surface area contributed by atoms with Gasteiger partial charge in [-0.05, 0) is 29.7 Å². The van der Waals surface area contributed by atoms with Gasteiger partial charge in [0.2, 0.25) is 0 Å². The number of halogens is 3. The van der Waals surface area contributed by atoms with E-state index < -0.39 is 11.7 Å². The molecule has 1 heterocycles. The molecule has 3 N–H and O–H groups in total. The van der Waals surface area contributed by atoms with Crippen LogP contribution in [0.2, 0.25) is 0 Å². The third kappa shape index (κ3) is 5.84. The molecule has 29 heavy (non-hydrogen) atoms. The summed E-state index contributed by atoms with van der Waals surface area (Å²) >= 11 is 0. The maximum Gasteiger partial charge on any atom is 0.416 e. The van der Waals surface area contributed by atoms with Crippen LogP contribution in [0.3, 0.4) is 0 Å². The molecule has 0 spiro atoms. The average Bonchev–Trinajstić information content (AvgIpc) is 3.20. The van der Waals surface area contributed by atoms with Crippen molar-refractivity contribution in [1.82, 2.24) is 20.6 Å². The normalized spacial score (nSPS) is 12.1. The monoisotopic (exact) mass is 401 g/mol. The lowest BCUT2D eigenvalue weighted by Crippen LogP contribution is -2.38. The highest BCUT2D eigenvalue weighted by Crippen LogP contribution is 2.29. The molecule has 0 bridgehead atoms. The van der Waals surface area contributed by atoms with E-state index in [1.54, 1.807) is 13.2 Å². The van der Waals surface area contributed by atoms with Gasteiger partial charge in [-0.15, -0.1) is 0 Å². The van der Waals surface area contributed by atoms with Crippen LogP contribution in [0.1, 0.15) is 17.0 Å². The van der Waals surface area contributed by atoms with Gasteiger partial charge in [0.25, 0.3) is 0 Å². The van der Waals surface area contributed by atoms with Crippen LogP contribution >= 0.6 is 0 Å². The van der Waals surface area contributed by atoms with Crippen LogP contribution in [0.5, 0.6) is 0 Å². The lowest BCUT2D eigenvalue weighted by Gasteiger charge is -2.11. The Balaban J connectivity index is 1.46. The van der Waals surface area contributed by atoms with Gasteiger partial charge in [0.05, 0.1) is 24.0 Å². The number of aromatic amines is 1. The lowest BCUT2D eigenvalue weighted by molar-refractivity contribution is -0.137. The first kappa shape index (κ1) is 20.4. The first-order valence-electron chi connectivity index (χ1n) is 9.15. The third-order valence-electron chi connectivity index (χ3n) is 4.35. The molecule has 0 unspecified atom stereocenters. The number of H-pyrrole nitrogens is 1. The zero-order chi connectivity index (χ0) is 20.7. The molecule has 0 aliphatic carbocycles. The first-order valence-corrected chi connectivity index (χ1v) is 9.15. The van der Waals surface area contributed by atoms with Crippen molar-refractivity contribution in [1.29, 1.82) is 0 Å². The van der Waals surface area contributed by atoms with E-state index in [1.807, 2.05) is 30.3 Å². The first-order chi connectivity index (χ1) is 14.0. The Bertz CT molecular complexity index is 931. The van der Waals surface area contributed by atoms with Gasteiger partial charge in [-0.2, -0.15) is 13.2 Å². The number of aliphatic imine (C=N–C) groups is 1. The maximum absolute atomic E-state index is 12.6. The van der Waals surface area contributed by atoms with E-state index in [0.29, 0.717) is 25.5 Å². The SMILES string of the molecule is CN=C(NCCc1ccc(C(F)(F)F)cc1)NCc1ncc(-c2ccccc2)[nH]1. The molecule has 3 rings (SSSR count). The largest absolute Gasteiger partial charge is 0.416 e. The molecular weight excluding hydrogens is 379 g/mol. The van der Waals surface area contributed by atoms with E-state index in [9.17, 15) is 13.2 Å². The van der Waals surface area contributed by atoms with Gasteiger partial charge in [0, 0.05) is 13.6 Å². The molecule has 0 aliphatic rings. The molecule has 8 heteroatoms. The minimum absolute atomic E-state index is 0.465. The van der Waals surface area contributed by atoms with E-state index >= 15 is 0 Å². The third-order valence-corrected chi connectivity index (χ3v) is 4.35. The van der Waals surface area contributed by atoms with Crippen molar-refractivity contribution in [2.24, 2.45) is 4.99 Å². The predicted molar refractivity (Wildman–Crippen MR) is 107 cm³/mol. The maximum atomic E-state index is 12.6. The fraction of sp³-hybridized carbons (Fsp3) is 0.238. The van der Waals surface area contributed by atoms with Crippen LogP contribution < -0.4 is 10.6 Å². The number of alkyl halides is 3. The van der Waals surface area contributed by atoms with Crippen molar-refractivity contribution in [2.75, 3.05) is 13.6 Å². The second-order valence-corrected chi connectivity index (χ2v) is 6.41. The van der Waals surface area contributed by atoms with Gasteiger partial charge >= 0.3 is 6.18 Å². The molecule has 0 atom stereocenters. The number of benzene rings is 2. The average molecular weight is 401 g/mol. The van der Waals surface area contributed by atoms with E-state index in [-0.39, 0.29) is 0 Å². The van der Waals surface area contributed by atoms with Gasteiger partial charge in [-0.25, -0.2) is 4.98 Å². The van der Waals surface area contributed by atoms with Gasteiger partial charge in [0.1, 0.15) is 5.82 Å². The summed E-state index contributed by atoms with van der Waals surface area (Å²) in [4.78, 5) is 11.8. The summed E-state index contributed by atoms with van der Waals surface area (Å²) in [7, 11) is 1.66. The number of imidazole rings is 1. The van der Waals surface area contributed by atoms with E-state index in [1.165, 1.54) is 12.1 Å². The Morgan fingerprint density at radius 3 is 2.41 bits per heavy atom. The summed E-state index contributed by atoms with van der Waals surface area (Å²) in [6, 6.07) is 15.1. The number of hydrogen-bond acceptors (Lipinski definition) is 2. The molecule has 0 fully saturated rings. The Morgan fingerprint density at radius 1 is 1.03 bits per heavy atom. The lowest BCUT2D eigenvalue weighted by atomic mass is 10.1. The van der Waals surface area contributed by atoms with E-state index in [4.69, 9.17) is 0 Å². The fourth-order valence-corrected chi connectivity index (χ4v) is 2.79. The number of rotatable bonds is 6. The molecule has 2 aromatic carbocycles. The molecule has 0 saturated heterocycles. The van der Waals surface area contributed by atoms with Crippen molar-refractivity contribution in [2.45, 2.75) is 19.1 Å². The quantitative estimate of drug-likeness (QED) is 0.432. The Hall–Kier alpha value is -3.29. The molecule has 1 aromatic heterocycles. The summed E-state index contributed by atoms with van der Waals surface area (Å²) in [5, 5.41) is 6.31. The molecule has 0 radical (unpaired) electrons. The van der Waals surface area contributed by atoms with Crippen molar-refractivity contribution in [3.05, 3.63) is 77.7 Å². The molecular formula is C21H22F3N5. The zero-order valence-corrected chi connectivity index (χ0v) is 15.9. The minimum Gasteiger partial charge on any atom is -0.356 e. The summed E-state index contributed by atoms with van der Waals surface area (Å²) in [6.07, 6.45) is -1.94. The van der Waals surface area contributed by atoms with Crippen LogP contribution in [0.4, 0.5) is 13.2 Å². The number of hydrogen-bond donors (Lipinski definition) is 3. The summed E-state index contributed by atoms with van der Waals surface area (Å²) in [5.41, 5.74) is 2.18. The van der Waals surface area contributed by atoms with E-state index in [0.717, 1.165) is 34.8 Å². The highest BCUT2D eigenvalue weighted by Gasteiger charge is 2.29. The summed E-state index contributed by atoms with van der Waals surface area (Å²) in [6.45, 7) is 1.01. The van der Waals surface area contributed by atoms with Crippen molar-refractivity contribution < 1.29 is 13.2 Å². The molecule has 5 nitrogen and oxygen atoms in total. The van der Waals surface area contributed by atoms with Gasteiger partial charge in [-0.1, -0.05) is 42.5 Å². The minimum atomic E-state index is -4.31. The number of guanidine groups is 1. The highest BCUT2D eigenvalue weighted by molar-refractivity contribution is 5.79. The Kier molecular flexibility index (Phi) is 6.54. The van der Waals surface area contributed by atoms with Crippen LogP contribution in [0.25, 0.3) is 11.3 Å². The highest BCUT2D eigenvalue weighted by atomic mass is 19.4.